The van der Waals surface area contributed by atoms with Crippen LogP contribution in [0.5, 0.6) is 0 Å². The molecule has 38 heavy (non-hydrogen) atoms. The van der Waals surface area contributed by atoms with Crippen molar-refractivity contribution >= 4 is 24.0 Å². The van der Waals surface area contributed by atoms with Gasteiger partial charge in [0.25, 0.3) is 0 Å². The predicted molar refractivity (Wildman–Crippen MR) is 150 cm³/mol. The van der Waals surface area contributed by atoms with E-state index < -0.39 is 36.1 Å². The molecule has 0 aliphatic carbocycles. The van der Waals surface area contributed by atoms with E-state index in [0.717, 1.165) is 38.8 Å². The van der Waals surface area contributed by atoms with E-state index in [1.165, 1.54) is 64.2 Å². The van der Waals surface area contributed by atoms with Gasteiger partial charge in [-0.25, -0.2) is 9.59 Å². The van der Waals surface area contributed by atoms with E-state index in [1.54, 1.807) is 0 Å². The van der Waals surface area contributed by atoms with Crippen LogP contribution in [0.15, 0.2) is 0 Å². The third-order valence-corrected chi connectivity index (χ3v) is 6.69. The lowest BCUT2D eigenvalue weighted by Crippen LogP contribution is -2.49. The second-order valence-corrected chi connectivity index (χ2v) is 10.9. The number of hydrogen-bond acceptors (Lipinski definition) is 6. The Hall–Kier alpha value is -2.20. The largest absolute Gasteiger partial charge is 0.465 e. The molecule has 0 radical (unpaired) electrons. The number of amides is 4. The van der Waals surface area contributed by atoms with E-state index in [1.807, 2.05) is 38.3 Å². The molecule has 0 heterocycles. The van der Waals surface area contributed by atoms with Gasteiger partial charge in [-0.15, -0.1) is 0 Å². The Kier molecular flexibility index (Phi) is 21.4. The zero-order valence-electron chi connectivity index (χ0n) is 24.2. The maximum Gasteiger partial charge on any atom is 0.411 e. The average Bonchev–Trinajstić information content (AvgIpc) is 2.81. The summed E-state index contributed by atoms with van der Waals surface area (Å²) in [4.78, 5) is 45.1. The number of nitrogens with one attached hydrogen (secondary N) is 4. The van der Waals surface area contributed by atoms with E-state index in [-0.39, 0.29) is 11.8 Å². The van der Waals surface area contributed by atoms with E-state index >= 15 is 0 Å². The molecule has 10 heteroatoms. The summed E-state index contributed by atoms with van der Waals surface area (Å²) in [6, 6.07) is -0.959. The zero-order chi connectivity index (χ0) is 28.8. The normalized spacial score (nSPS) is 12.9. The summed E-state index contributed by atoms with van der Waals surface area (Å²) in [5.74, 6) is -0.905. The highest BCUT2D eigenvalue weighted by Crippen LogP contribution is 2.13. The third-order valence-electron chi connectivity index (χ3n) is 6.69. The zero-order valence-corrected chi connectivity index (χ0v) is 24.2. The standard InChI is InChI=1S/C28H54N4O6/c1-21(2)23(25(33)31-27(35)36)29-19-17-15-13-11-9-7-5-6-8-10-12-14-16-18-20-30-24(22(3)4)26(34)32-28(37)38/h21-24,29-30H,5-20H2,1-4H3,(H,31,33)(H,32,34)(H,35,36)(H,37,38). The van der Waals surface area contributed by atoms with E-state index in [4.69, 9.17) is 10.2 Å². The highest BCUT2D eigenvalue weighted by Gasteiger charge is 2.23. The second kappa shape index (κ2) is 22.8. The van der Waals surface area contributed by atoms with Gasteiger partial charge in [-0.05, 0) is 37.8 Å². The summed E-state index contributed by atoms with van der Waals surface area (Å²) < 4.78 is 0. The van der Waals surface area contributed by atoms with Crippen LogP contribution in [0.4, 0.5) is 9.59 Å². The van der Waals surface area contributed by atoms with Crippen LogP contribution in [0.1, 0.15) is 118 Å². The van der Waals surface area contributed by atoms with Gasteiger partial charge in [-0.2, -0.15) is 0 Å². The first-order chi connectivity index (χ1) is 18.1. The van der Waals surface area contributed by atoms with Crippen LogP contribution in [-0.2, 0) is 9.59 Å². The minimum atomic E-state index is -1.31. The summed E-state index contributed by atoms with van der Waals surface area (Å²) in [6.45, 7) is 9.04. The van der Waals surface area contributed by atoms with Gasteiger partial charge >= 0.3 is 12.2 Å². The van der Waals surface area contributed by atoms with Crippen molar-refractivity contribution in [1.82, 2.24) is 21.3 Å². The fraction of sp³-hybridized carbons (Fsp3) is 0.857. The molecule has 10 nitrogen and oxygen atoms in total. The molecule has 0 aromatic heterocycles. The van der Waals surface area contributed by atoms with Crippen molar-refractivity contribution in [3.8, 4) is 0 Å². The van der Waals surface area contributed by atoms with Gasteiger partial charge in [0.15, 0.2) is 0 Å². The molecule has 4 amide bonds. The van der Waals surface area contributed by atoms with Gasteiger partial charge in [-0.1, -0.05) is 105 Å². The highest BCUT2D eigenvalue weighted by atomic mass is 16.4. The minimum Gasteiger partial charge on any atom is -0.465 e. The quantitative estimate of drug-likeness (QED) is 0.0954. The Morgan fingerprint density at radius 3 is 0.921 bits per heavy atom. The van der Waals surface area contributed by atoms with Crippen molar-refractivity contribution in [2.45, 2.75) is 130 Å². The van der Waals surface area contributed by atoms with Crippen molar-refractivity contribution in [3.63, 3.8) is 0 Å². The SMILES string of the molecule is CC(C)C(NCCCCCCCCCCCCCCCCNC(C(=O)NC(=O)O)C(C)C)C(=O)NC(=O)O. The van der Waals surface area contributed by atoms with Crippen LogP contribution in [-0.4, -0.2) is 59.4 Å². The molecule has 0 saturated carbocycles. The first kappa shape index (κ1) is 35.8. The Balaban J connectivity index is 3.55. The number of carbonyl (C=O) groups excluding carboxylic acids is 2. The van der Waals surface area contributed by atoms with Gasteiger partial charge in [0.1, 0.15) is 0 Å². The van der Waals surface area contributed by atoms with Crippen molar-refractivity contribution in [3.05, 3.63) is 0 Å². The monoisotopic (exact) mass is 542 g/mol. The fourth-order valence-corrected chi connectivity index (χ4v) is 4.52. The summed E-state index contributed by atoms with van der Waals surface area (Å²) in [6.07, 6.45) is 14.1. The fourth-order valence-electron chi connectivity index (χ4n) is 4.52. The highest BCUT2D eigenvalue weighted by molar-refractivity contribution is 5.94. The van der Waals surface area contributed by atoms with Crippen molar-refractivity contribution in [2.24, 2.45) is 11.8 Å². The Morgan fingerprint density at radius 1 is 0.474 bits per heavy atom. The molecule has 222 valence electrons. The molecule has 0 saturated heterocycles. The number of carboxylic acid groups (broad SMARTS) is 2. The number of unbranched alkanes of at least 4 members (excludes halogenated alkanes) is 13. The lowest BCUT2D eigenvalue weighted by Gasteiger charge is -2.20. The summed E-state index contributed by atoms with van der Waals surface area (Å²) >= 11 is 0. The third kappa shape index (κ3) is 19.9. The molecule has 0 aliphatic heterocycles. The maximum atomic E-state index is 11.9. The molecular formula is C28H54N4O6. The molecule has 0 aromatic carbocycles. The molecule has 0 aliphatic rings. The Bertz CT molecular complexity index is 616. The molecule has 2 unspecified atom stereocenters. The first-order valence-corrected chi connectivity index (χ1v) is 14.6. The predicted octanol–water partition coefficient (Wildman–Crippen LogP) is 5.26. The molecule has 0 rings (SSSR count). The smallest absolute Gasteiger partial charge is 0.411 e. The first-order valence-electron chi connectivity index (χ1n) is 14.6. The van der Waals surface area contributed by atoms with Crippen LogP contribution in [0.2, 0.25) is 0 Å². The minimum absolute atomic E-state index is 0.0310. The topological polar surface area (TPSA) is 157 Å². The second-order valence-electron chi connectivity index (χ2n) is 10.9. The lowest BCUT2D eigenvalue weighted by molar-refractivity contribution is -0.124. The van der Waals surface area contributed by atoms with E-state index in [0.29, 0.717) is 0 Å². The molecular weight excluding hydrogens is 488 g/mol. The van der Waals surface area contributed by atoms with Crippen molar-refractivity contribution in [1.29, 1.82) is 0 Å². The number of imide groups is 2. The molecule has 2 atom stereocenters. The van der Waals surface area contributed by atoms with Gasteiger partial charge in [-0.3, -0.25) is 20.2 Å². The molecule has 0 spiro atoms. The summed E-state index contributed by atoms with van der Waals surface area (Å²) in [5, 5.41) is 27.6. The van der Waals surface area contributed by atoms with Crippen molar-refractivity contribution < 1.29 is 29.4 Å². The van der Waals surface area contributed by atoms with Gasteiger partial charge < -0.3 is 20.8 Å². The van der Waals surface area contributed by atoms with Crippen molar-refractivity contribution in [2.75, 3.05) is 13.1 Å². The van der Waals surface area contributed by atoms with Crippen LogP contribution < -0.4 is 21.3 Å². The maximum absolute atomic E-state index is 11.9. The van der Waals surface area contributed by atoms with Crippen LogP contribution in [0.25, 0.3) is 0 Å². The number of carbonyl (C=O) groups is 4. The Labute approximate surface area is 229 Å². The molecule has 0 bridgehead atoms. The van der Waals surface area contributed by atoms with E-state index in [9.17, 15) is 19.2 Å². The van der Waals surface area contributed by atoms with Crippen LogP contribution in [0, 0.1) is 11.8 Å². The number of rotatable bonds is 23. The molecule has 6 N–H and O–H groups in total. The van der Waals surface area contributed by atoms with Gasteiger partial charge in [0.2, 0.25) is 11.8 Å². The molecule has 0 fully saturated rings. The summed E-state index contributed by atoms with van der Waals surface area (Å²) in [5.41, 5.74) is 0. The van der Waals surface area contributed by atoms with Crippen LogP contribution in [0.3, 0.4) is 0 Å². The Morgan fingerprint density at radius 2 is 0.711 bits per heavy atom. The lowest BCUT2D eigenvalue weighted by atomic mass is 10.0. The molecule has 0 aromatic rings. The van der Waals surface area contributed by atoms with Gasteiger partial charge in [0, 0.05) is 0 Å². The average molecular weight is 543 g/mol. The van der Waals surface area contributed by atoms with Gasteiger partial charge in [0.05, 0.1) is 12.1 Å². The number of hydrogen-bond donors (Lipinski definition) is 6. The van der Waals surface area contributed by atoms with E-state index in [2.05, 4.69) is 10.6 Å². The van der Waals surface area contributed by atoms with Crippen LogP contribution >= 0.6 is 0 Å². The summed E-state index contributed by atoms with van der Waals surface area (Å²) in [7, 11) is 0.